The Kier molecular flexibility index (Phi) is 6.31. The third-order valence-corrected chi connectivity index (χ3v) is 5.24. The van der Waals surface area contributed by atoms with Gasteiger partial charge in [0, 0.05) is 45.2 Å². The molecule has 8 heteroatoms. The quantitative estimate of drug-likeness (QED) is 0.819. The molecule has 4 rings (SSSR count). The summed E-state index contributed by atoms with van der Waals surface area (Å²) in [5, 5.41) is 3.30. The second kappa shape index (κ2) is 9.28. The van der Waals surface area contributed by atoms with E-state index < -0.39 is 0 Å². The van der Waals surface area contributed by atoms with Gasteiger partial charge in [0.2, 0.25) is 11.9 Å². The molecule has 1 aliphatic carbocycles. The highest BCUT2D eigenvalue weighted by Gasteiger charge is 2.21. The molecule has 1 aromatic rings. The van der Waals surface area contributed by atoms with Gasteiger partial charge in [-0.05, 0) is 19.5 Å². The van der Waals surface area contributed by atoms with E-state index in [0.29, 0.717) is 12.4 Å². The minimum atomic E-state index is -0.0132. The predicted molar refractivity (Wildman–Crippen MR) is 115 cm³/mol. The minimum absolute atomic E-state index is 0.0132. The fourth-order valence-corrected chi connectivity index (χ4v) is 3.50. The van der Waals surface area contributed by atoms with E-state index >= 15 is 0 Å². The van der Waals surface area contributed by atoms with E-state index in [-0.39, 0.29) is 12.2 Å². The zero-order valence-electron chi connectivity index (χ0n) is 17.2. The van der Waals surface area contributed by atoms with Crippen LogP contribution in [0.5, 0.6) is 0 Å². The van der Waals surface area contributed by atoms with E-state index in [1.54, 1.807) is 6.20 Å². The summed E-state index contributed by atoms with van der Waals surface area (Å²) in [6, 6.07) is 0. The van der Waals surface area contributed by atoms with Gasteiger partial charge in [0.25, 0.3) is 0 Å². The molecule has 154 valence electrons. The van der Waals surface area contributed by atoms with Gasteiger partial charge in [-0.15, -0.1) is 0 Å². The molecule has 0 amide bonds. The Morgan fingerprint density at radius 3 is 2.69 bits per heavy atom. The molecular weight excluding hydrogens is 366 g/mol. The van der Waals surface area contributed by atoms with Crippen molar-refractivity contribution in [2.24, 2.45) is 4.99 Å². The molecule has 2 unspecified atom stereocenters. The summed E-state index contributed by atoms with van der Waals surface area (Å²) in [7, 11) is 2.14. The Hall–Kier alpha value is -2.58. The zero-order chi connectivity index (χ0) is 20.1. The lowest BCUT2D eigenvalue weighted by atomic mass is 10.1. The average molecular weight is 396 g/mol. The Morgan fingerprint density at radius 2 is 1.93 bits per heavy atom. The second-order valence-corrected chi connectivity index (χ2v) is 7.53. The van der Waals surface area contributed by atoms with Crippen LogP contribution in [0.25, 0.3) is 0 Å². The van der Waals surface area contributed by atoms with Gasteiger partial charge in [-0.2, -0.15) is 15.0 Å². The maximum absolute atomic E-state index is 6.16. The van der Waals surface area contributed by atoms with Crippen LogP contribution in [0.1, 0.15) is 25.6 Å². The van der Waals surface area contributed by atoms with Crippen LogP contribution in [0.15, 0.2) is 41.6 Å². The Morgan fingerprint density at radius 1 is 1.07 bits per heavy atom. The number of hydrogen-bond acceptors (Lipinski definition) is 8. The summed E-state index contributed by atoms with van der Waals surface area (Å²) in [6.07, 6.45) is 14.5. The van der Waals surface area contributed by atoms with Gasteiger partial charge in [-0.3, -0.25) is 0 Å². The number of aromatic nitrogens is 3. The van der Waals surface area contributed by atoms with E-state index in [1.165, 1.54) is 0 Å². The minimum Gasteiger partial charge on any atom is -0.366 e. The zero-order valence-corrected chi connectivity index (χ0v) is 17.2. The number of hydrogen-bond donors (Lipinski definition) is 1. The standard InChI is InChI=1S/C21H29N7O/c1-3-18-23-20(26-21(25-18)28-13-11-27(2)12-14-28)24-19-15-17(9-10-22-19)29-16-7-5-4-6-8-16/h4-7,9-10,16-17H,3,8,11-15H2,1-2H3,(H,22,23,24,25,26). The summed E-state index contributed by atoms with van der Waals surface area (Å²) < 4.78 is 6.16. The van der Waals surface area contributed by atoms with Gasteiger partial charge in [0.05, 0.1) is 12.2 Å². The molecule has 1 fully saturated rings. The fourth-order valence-electron chi connectivity index (χ4n) is 3.50. The number of aryl methyl sites for hydroxylation is 1. The number of rotatable bonds is 5. The van der Waals surface area contributed by atoms with Gasteiger partial charge in [0.15, 0.2) is 0 Å². The smallest absolute Gasteiger partial charge is 0.233 e. The lowest BCUT2D eigenvalue weighted by molar-refractivity contribution is 0.0460. The van der Waals surface area contributed by atoms with Crippen molar-refractivity contribution in [3.05, 3.63) is 42.4 Å². The Labute approximate surface area is 172 Å². The molecule has 2 aliphatic heterocycles. The highest BCUT2D eigenvalue weighted by molar-refractivity contribution is 5.95. The molecule has 0 radical (unpaired) electrons. The Balaban J connectivity index is 1.42. The monoisotopic (exact) mass is 395 g/mol. The van der Waals surface area contributed by atoms with Gasteiger partial charge in [0.1, 0.15) is 11.7 Å². The highest BCUT2D eigenvalue weighted by atomic mass is 16.5. The SMILES string of the molecule is CCc1nc(NC2=NC=CC(OC3C=CC=CC3)C2)nc(N2CCN(C)CC2)n1. The first-order valence-electron chi connectivity index (χ1n) is 10.4. The first kappa shape index (κ1) is 19.7. The lowest BCUT2D eigenvalue weighted by Gasteiger charge is -2.32. The molecule has 1 saturated heterocycles. The van der Waals surface area contributed by atoms with Crippen molar-refractivity contribution in [1.29, 1.82) is 0 Å². The molecule has 0 bridgehead atoms. The van der Waals surface area contributed by atoms with E-state index in [1.807, 2.05) is 12.2 Å². The van der Waals surface area contributed by atoms with Gasteiger partial charge < -0.3 is 19.9 Å². The molecule has 1 aromatic heterocycles. The third kappa shape index (κ3) is 5.27. The molecule has 8 nitrogen and oxygen atoms in total. The van der Waals surface area contributed by atoms with Crippen molar-refractivity contribution in [3.8, 4) is 0 Å². The maximum Gasteiger partial charge on any atom is 0.233 e. The number of ether oxygens (including phenoxy) is 1. The van der Waals surface area contributed by atoms with Gasteiger partial charge in [-0.25, -0.2) is 4.99 Å². The van der Waals surface area contributed by atoms with Crippen LogP contribution in [-0.4, -0.2) is 71.1 Å². The molecule has 29 heavy (non-hydrogen) atoms. The number of piperazine rings is 1. The lowest BCUT2D eigenvalue weighted by Crippen LogP contribution is -2.45. The number of nitrogens with zero attached hydrogens (tertiary/aromatic N) is 6. The number of anilines is 2. The summed E-state index contributed by atoms with van der Waals surface area (Å²) in [4.78, 5) is 22.9. The van der Waals surface area contributed by atoms with E-state index in [4.69, 9.17) is 4.74 Å². The second-order valence-electron chi connectivity index (χ2n) is 7.53. The molecule has 0 aromatic carbocycles. The van der Waals surface area contributed by atoms with E-state index in [0.717, 1.165) is 56.6 Å². The summed E-state index contributed by atoms with van der Waals surface area (Å²) >= 11 is 0. The van der Waals surface area contributed by atoms with Crippen molar-refractivity contribution < 1.29 is 4.74 Å². The number of allylic oxidation sites excluding steroid dienone is 2. The predicted octanol–water partition coefficient (Wildman–Crippen LogP) is 2.18. The summed E-state index contributed by atoms with van der Waals surface area (Å²) in [6.45, 7) is 5.93. The number of likely N-dealkylation sites (N-methyl/N-ethyl adjacent to an activating group) is 1. The topological polar surface area (TPSA) is 78.8 Å². The van der Waals surface area contributed by atoms with E-state index in [9.17, 15) is 0 Å². The highest BCUT2D eigenvalue weighted by Crippen LogP contribution is 2.18. The number of amidine groups is 1. The maximum atomic E-state index is 6.16. The van der Waals surface area contributed by atoms with Crippen molar-refractivity contribution in [3.63, 3.8) is 0 Å². The third-order valence-electron chi connectivity index (χ3n) is 5.24. The molecule has 3 heterocycles. The molecule has 3 aliphatic rings. The van der Waals surface area contributed by atoms with Crippen molar-refractivity contribution in [1.82, 2.24) is 19.9 Å². The van der Waals surface area contributed by atoms with Crippen LogP contribution in [0, 0.1) is 0 Å². The first-order chi connectivity index (χ1) is 14.2. The van der Waals surface area contributed by atoms with Gasteiger partial charge in [-0.1, -0.05) is 31.2 Å². The van der Waals surface area contributed by atoms with Crippen LogP contribution in [0.4, 0.5) is 11.9 Å². The number of nitrogens with one attached hydrogen (secondary N) is 1. The van der Waals surface area contributed by atoms with Crippen LogP contribution >= 0.6 is 0 Å². The first-order valence-corrected chi connectivity index (χ1v) is 10.4. The van der Waals surface area contributed by atoms with Crippen molar-refractivity contribution >= 4 is 17.7 Å². The van der Waals surface area contributed by atoms with Crippen LogP contribution in [-0.2, 0) is 11.2 Å². The van der Waals surface area contributed by atoms with E-state index in [2.05, 4.69) is 67.3 Å². The fraction of sp³-hybridized carbons (Fsp3) is 0.524. The van der Waals surface area contributed by atoms with Crippen LogP contribution in [0.2, 0.25) is 0 Å². The van der Waals surface area contributed by atoms with Gasteiger partial charge >= 0.3 is 0 Å². The molecule has 1 N–H and O–H groups in total. The van der Waals surface area contributed by atoms with Crippen LogP contribution in [0.3, 0.4) is 0 Å². The molecular formula is C21H29N7O. The largest absolute Gasteiger partial charge is 0.366 e. The summed E-state index contributed by atoms with van der Waals surface area (Å²) in [5.41, 5.74) is 0. The van der Waals surface area contributed by atoms with Crippen molar-refractivity contribution in [2.75, 3.05) is 43.4 Å². The molecule has 0 saturated carbocycles. The average Bonchev–Trinajstić information content (AvgIpc) is 2.75. The number of aliphatic imine (C=N–C) groups is 1. The van der Waals surface area contributed by atoms with Crippen molar-refractivity contribution in [2.45, 2.75) is 38.4 Å². The van der Waals surface area contributed by atoms with Crippen LogP contribution < -0.4 is 10.2 Å². The Bertz CT molecular complexity index is 824. The summed E-state index contributed by atoms with van der Waals surface area (Å²) in [5.74, 6) is 2.89. The molecule has 2 atom stereocenters. The molecule has 0 spiro atoms. The normalized spacial score (nSPS) is 24.6.